The van der Waals surface area contributed by atoms with Gasteiger partial charge in [0.05, 0.1) is 18.9 Å². The van der Waals surface area contributed by atoms with E-state index in [1.165, 1.54) is 5.56 Å². The Morgan fingerprint density at radius 2 is 2.30 bits per heavy atom. The molecule has 0 amide bonds. The largest absolute Gasteiger partial charge is 0.376 e. The predicted molar refractivity (Wildman–Crippen MR) is 87.9 cm³/mol. The molecule has 4 rings (SSSR count). The highest BCUT2D eigenvalue weighted by Gasteiger charge is 2.43. The van der Waals surface area contributed by atoms with Crippen molar-refractivity contribution in [2.24, 2.45) is 18.9 Å². The molecule has 1 N–H and O–H groups in total. The molecular formula is C17H23N5O. The average Bonchev–Trinajstić information content (AvgIpc) is 3.23. The van der Waals surface area contributed by atoms with Crippen LogP contribution in [-0.2, 0) is 18.3 Å². The number of pyridine rings is 1. The Bertz CT molecular complexity index is 643. The Balaban J connectivity index is 1.32. The molecule has 0 spiro atoms. The second-order valence-electron chi connectivity index (χ2n) is 6.61. The number of nitrogens with one attached hydrogen (secondary N) is 1. The van der Waals surface area contributed by atoms with E-state index in [2.05, 4.69) is 26.5 Å². The zero-order valence-corrected chi connectivity index (χ0v) is 13.4. The average molecular weight is 313 g/mol. The summed E-state index contributed by atoms with van der Waals surface area (Å²) < 4.78 is 7.89. The molecule has 3 atom stereocenters. The molecule has 0 aliphatic carbocycles. The van der Waals surface area contributed by atoms with Crippen LogP contribution in [0.25, 0.3) is 0 Å². The molecule has 0 radical (unpaired) electrons. The number of hydrogen-bond acceptors (Lipinski definition) is 5. The fraction of sp³-hybridized carbons (Fsp3) is 0.529. The highest BCUT2D eigenvalue weighted by atomic mass is 16.5. The summed E-state index contributed by atoms with van der Waals surface area (Å²) in [5.41, 5.74) is 1.27. The van der Waals surface area contributed by atoms with Crippen molar-refractivity contribution in [2.75, 3.05) is 31.6 Å². The number of anilines is 1. The molecule has 23 heavy (non-hydrogen) atoms. The fourth-order valence-corrected chi connectivity index (χ4v) is 3.73. The summed E-state index contributed by atoms with van der Waals surface area (Å²) in [4.78, 5) is 6.81. The highest BCUT2D eigenvalue weighted by Crippen LogP contribution is 2.34. The van der Waals surface area contributed by atoms with E-state index in [1.54, 1.807) is 0 Å². The molecule has 2 aromatic heterocycles. The molecule has 0 saturated carbocycles. The van der Waals surface area contributed by atoms with E-state index in [1.807, 2.05) is 42.3 Å². The molecule has 2 fully saturated rings. The summed E-state index contributed by atoms with van der Waals surface area (Å²) >= 11 is 0. The molecule has 4 heterocycles. The van der Waals surface area contributed by atoms with Gasteiger partial charge in [-0.1, -0.05) is 6.07 Å². The number of hydrogen-bond donors (Lipinski definition) is 1. The van der Waals surface area contributed by atoms with Gasteiger partial charge in [-0.3, -0.25) is 9.58 Å². The first-order chi connectivity index (χ1) is 11.3. The Hall–Kier alpha value is -1.92. The molecule has 0 bridgehead atoms. The summed E-state index contributed by atoms with van der Waals surface area (Å²) in [6.45, 7) is 4.88. The molecule has 2 aliphatic heterocycles. The van der Waals surface area contributed by atoms with Gasteiger partial charge in [0.2, 0.25) is 0 Å². The van der Waals surface area contributed by atoms with E-state index < -0.39 is 0 Å². The van der Waals surface area contributed by atoms with E-state index in [-0.39, 0.29) is 0 Å². The molecule has 6 heteroatoms. The second-order valence-corrected chi connectivity index (χ2v) is 6.61. The third kappa shape index (κ3) is 3.23. The van der Waals surface area contributed by atoms with Crippen LogP contribution in [0.2, 0.25) is 0 Å². The lowest BCUT2D eigenvalue weighted by atomic mass is 9.93. The smallest absolute Gasteiger partial charge is 0.125 e. The van der Waals surface area contributed by atoms with Gasteiger partial charge < -0.3 is 10.1 Å². The third-order valence-electron chi connectivity index (χ3n) is 4.89. The number of rotatable bonds is 5. The Kier molecular flexibility index (Phi) is 4.01. The zero-order chi connectivity index (χ0) is 15.6. The summed E-state index contributed by atoms with van der Waals surface area (Å²) in [5, 5.41) is 7.69. The van der Waals surface area contributed by atoms with Crippen molar-refractivity contribution in [3.63, 3.8) is 0 Å². The summed E-state index contributed by atoms with van der Waals surface area (Å²) in [6, 6.07) is 5.96. The van der Waals surface area contributed by atoms with Crippen molar-refractivity contribution in [1.29, 1.82) is 0 Å². The van der Waals surface area contributed by atoms with Crippen LogP contribution >= 0.6 is 0 Å². The van der Waals surface area contributed by atoms with Crippen molar-refractivity contribution in [3.8, 4) is 0 Å². The lowest BCUT2D eigenvalue weighted by molar-refractivity contribution is 0.0946. The number of aryl methyl sites for hydroxylation is 1. The predicted octanol–water partition coefficient (Wildman–Crippen LogP) is 1.37. The van der Waals surface area contributed by atoms with E-state index in [0.29, 0.717) is 17.9 Å². The van der Waals surface area contributed by atoms with Crippen LogP contribution in [0.5, 0.6) is 0 Å². The van der Waals surface area contributed by atoms with Crippen LogP contribution in [0.15, 0.2) is 36.8 Å². The van der Waals surface area contributed by atoms with Crippen LogP contribution in [0.4, 0.5) is 5.82 Å². The van der Waals surface area contributed by atoms with Crippen molar-refractivity contribution in [1.82, 2.24) is 19.7 Å². The highest BCUT2D eigenvalue weighted by molar-refractivity contribution is 5.33. The van der Waals surface area contributed by atoms with Gasteiger partial charge in [-0.25, -0.2) is 4.98 Å². The van der Waals surface area contributed by atoms with E-state index in [0.717, 1.165) is 38.6 Å². The Labute approximate surface area is 136 Å². The van der Waals surface area contributed by atoms with Crippen LogP contribution in [0, 0.1) is 11.8 Å². The van der Waals surface area contributed by atoms with Gasteiger partial charge in [-0.15, -0.1) is 0 Å². The van der Waals surface area contributed by atoms with Crippen molar-refractivity contribution in [3.05, 3.63) is 42.4 Å². The van der Waals surface area contributed by atoms with Gasteiger partial charge in [0, 0.05) is 63.0 Å². The molecule has 2 aliphatic rings. The van der Waals surface area contributed by atoms with E-state index >= 15 is 0 Å². The van der Waals surface area contributed by atoms with Crippen LogP contribution < -0.4 is 5.32 Å². The summed E-state index contributed by atoms with van der Waals surface area (Å²) in [6.07, 6.45) is 6.24. The molecule has 0 unspecified atom stereocenters. The summed E-state index contributed by atoms with van der Waals surface area (Å²) in [5.74, 6) is 2.12. The fourth-order valence-electron chi connectivity index (χ4n) is 3.73. The minimum Gasteiger partial charge on any atom is -0.376 e. The van der Waals surface area contributed by atoms with Gasteiger partial charge in [0.1, 0.15) is 5.82 Å². The Morgan fingerprint density at radius 1 is 1.35 bits per heavy atom. The molecule has 0 aromatic carbocycles. The monoisotopic (exact) mass is 313 g/mol. The lowest BCUT2D eigenvalue weighted by Gasteiger charge is -2.19. The second kappa shape index (κ2) is 6.29. The van der Waals surface area contributed by atoms with Gasteiger partial charge in [0.25, 0.3) is 0 Å². The first-order valence-electron chi connectivity index (χ1n) is 8.24. The number of aromatic nitrogens is 3. The standard InChI is InChI=1S/C17H23N5O/c1-21-8-13(6-20-21)9-22-10-15-14(12-23-16(15)11-22)7-19-17-4-2-3-5-18-17/h2-6,8,14-16H,7,9-12H2,1H3,(H,18,19)/t14-,15+,16+/m0/s1. The maximum absolute atomic E-state index is 6.03. The van der Waals surface area contributed by atoms with Crippen LogP contribution in [0.1, 0.15) is 5.56 Å². The van der Waals surface area contributed by atoms with E-state index in [9.17, 15) is 0 Å². The molecule has 6 nitrogen and oxygen atoms in total. The number of ether oxygens (including phenoxy) is 1. The van der Waals surface area contributed by atoms with Crippen molar-refractivity contribution >= 4 is 5.82 Å². The minimum absolute atomic E-state index is 0.377. The maximum Gasteiger partial charge on any atom is 0.125 e. The van der Waals surface area contributed by atoms with Gasteiger partial charge in [0.15, 0.2) is 0 Å². The quantitative estimate of drug-likeness (QED) is 0.904. The topological polar surface area (TPSA) is 55.2 Å². The first kappa shape index (κ1) is 14.7. The minimum atomic E-state index is 0.377. The van der Waals surface area contributed by atoms with Crippen molar-refractivity contribution < 1.29 is 4.74 Å². The molecule has 2 saturated heterocycles. The van der Waals surface area contributed by atoms with Crippen molar-refractivity contribution in [2.45, 2.75) is 12.6 Å². The zero-order valence-electron chi connectivity index (χ0n) is 13.4. The summed E-state index contributed by atoms with van der Waals surface area (Å²) in [7, 11) is 1.96. The maximum atomic E-state index is 6.03. The normalized spacial score (nSPS) is 27.3. The third-order valence-corrected chi connectivity index (χ3v) is 4.89. The molecular weight excluding hydrogens is 290 g/mol. The first-order valence-corrected chi connectivity index (χ1v) is 8.24. The Morgan fingerprint density at radius 3 is 3.09 bits per heavy atom. The molecule has 2 aromatic rings. The van der Waals surface area contributed by atoms with Gasteiger partial charge in [-0.2, -0.15) is 5.10 Å². The number of likely N-dealkylation sites (tertiary alicyclic amines) is 1. The SMILES string of the molecule is Cn1cc(CN2C[C@@H]3[C@@H](CNc4ccccn4)CO[C@@H]3C2)cn1. The number of nitrogens with zero attached hydrogens (tertiary/aromatic N) is 4. The van der Waals surface area contributed by atoms with E-state index in [4.69, 9.17) is 4.74 Å². The number of fused-ring (bicyclic) bond motifs is 1. The van der Waals surface area contributed by atoms with Crippen LogP contribution in [-0.4, -0.2) is 52.0 Å². The van der Waals surface area contributed by atoms with Gasteiger partial charge >= 0.3 is 0 Å². The lowest BCUT2D eigenvalue weighted by Crippen LogP contribution is -2.27. The molecule has 122 valence electrons. The van der Waals surface area contributed by atoms with Gasteiger partial charge in [-0.05, 0) is 12.1 Å². The van der Waals surface area contributed by atoms with Crippen LogP contribution in [0.3, 0.4) is 0 Å².